The summed E-state index contributed by atoms with van der Waals surface area (Å²) in [5, 5.41) is 3.55. The van der Waals surface area contributed by atoms with Crippen molar-refractivity contribution >= 4 is 0 Å². The van der Waals surface area contributed by atoms with Crippen molar-refractivity contribution in [2.75, 3.05) is 13.2 Å². The van der Waals surface area contributed by atoms with Gasteiger partial charge < -0.3 is 10.1 Å². The second-order valence-electron chi connectivity index (χ2n) is 3.97. The summed E-state index contributed by atoms with van der Waals surface area (Å²) < 4.78 is 5.81. The first-order valence-electron chi connectivity index (χ1n) is 6.54. The molecule has 0 aliphatic heterocycles. The molecule has 0 heterocycles. The monoisotopic (exact) mass is 225 g/mol. The molecule has 2 atom stereocenters. The van der Waals surface area contributed by atoms with Gasteiger partial charge in [-0.3, -0.25) is 0 Å². The van der Waals surface area contributed by atoms with E-state index in [0.717, 1.165) is 38.8 Å². The highest BCUT2D eigenvalue weighted by Crippen LogP contribution is 2.10. The van der Waals surface area contributed by atoms with E-state index >= 15 is 0 Å². The zero-order valence-electron chi connectivity index (χ0n) is 11.3. The van der Waals surface area contributed by atoms with Crippen LogP contribution in [0.3, 0.4) is 0 Å². The third-order valence-electron chi connectivity index (χ3n) is 2.56. The van der Waals surface area contributed by atoms with Crippen molar-refractivity contribution in [2.45, 2.75) is 65.5 Å². The van der Waals surface area contributed by atoms with E-state index < -0.39 is 0 Å². The lowest BCUT2D eigenvalue weighted by Crippen LogP contribution is -2.41. The van der Waals surface area contributed by atoms with Crippen molar-refractivity contribution in [1.82, 2.24) is 5.32 Å². The van der Waals surface area contributed by atoms with Gasteiger partial charge in [-0.05, 0) is 33.2 Å². The molecule has 0 aromatic heterocycles. The average Bonchev–Trinajstić information content (AvgIpc) is 2.29. The van der Waals surface area contributed by atoms with Gasteiger partial charge in [0.15, 0.2) is 0 Å². The van der Waals surface area contributed by atoms with Crippen LogP contribution >= 0.6 is 0 Å². The van der Waals surface area contributed by atoms with Crippen LogP contribution in [-0.4, -0.2) is 25.3 Å². The van der Waals surface area contributed by atoms with Crippen molar-refractivity contribution in [1.29, 1.82) is 0 Å². The lowest BCUT2D eigenvalue weighted by molar-refractivity contribution is 0.0294. The third-order valence-corrected chi connectivity index (χ3v) is 2.56. The Morgan fingerprint density at radius 1 is 1.19 bits per heavy atom. The molecular weight excluding hydrogens is 198 g/mol. The van der Waals surface area contributed by atoms with E-state index in [9.17, 15) is 0 Å². The van der Waals surface area contributed by atoms with Crippen LogP contribution in [0.5, 0.6) is 0 Å². The van der Waals surface area contributed by atoms with Crippen molar-refractivity contribution < 1.29 is 4.74 Å². The summed E-state index contributed by atoms with van der Waals surface area (Å²) in [6, 6.07) is 0.382. The molecule has 0 fully saturated rings. The van der Waals surface area contributed by atoms with Crippen LogP contribution in [0.1, 0.15) is 53.4 Å². The molecule has 2 nitrogen and oxygen atoms in total. The number of ether oxygens (including phenoxy) is 1. The first-order chi connectivity index (χ1) is 7.79. The summed E-state index contributed by atoms with van der Waals surface area (Å²) in [5.74, 6) is 6.13. The maximum atomic E-state index is 5.81. The fraction of sp³-hybridized carbons (Fsp3) is 0.857. The van der Waals surface area contributed by atoms with Gasteiger partial charge in [0.2, 0.25) is 0 Å². The van der Waals surface area contributed by atoms with Crippen molar-refractivity contribution in [3.05, 3.63) is 0 Å². The molecule has 2 unspecified atom stereocenters. The number of hydrogen-bond acceptors (Lipinski definition) is 2. The van der Waals surface area contributed by atoms with Crippen LogP contribution < -0.4 is 5.32 Å². The minimum atomic E-state index is 0.308. The summed E-state index contributed by atoms with van der Waals surface area (Å²) in [4.78, 5) is 0. The zero-order chi connectivity index (χ0) is 12.2. The molecule has 0 saturated heterocycles. The van der Waals surface area contributed by atoms with E-state index in [0.29, 0.717) is 12.1 Å². The van der Waals surface area contributed by atoms with Crippen LogP contribution in [0.2, 0.25) is 0 Å². The Morgan fingerprint density at radius 3 is 2.44 bits per heavy atom. The fourth-order valence-corrected chi connectivity index (χ4v) is 1.78. The van der Waals surface area contributed by atoms with Gasteiger partial charge in [-0.15, -0.1) is 11.8 Å². The normalized spacial score (nSPS) is 14.0. The lowest BCUT2D eigenvalue weighted by Gasteiger charge is -2.26. The second kappa shape index (κ2) is 11.0. The summed E-state index contributed by atoms with van der Waals surface area (Å²) in [7, 11) is 0. The largest absolute Gasteiger partial charge is 0.377 e. The molecule has 1 N–H and O–H groups in total. The Hall–Kier alpha value is -0.520. The van der Waals surface area contributed by atoms with Gasteiger partial charge in [0.25, 0.3) is 0 Å². The van der Waals surface area contributed by atoms with Crippen LogP contribution in [0.4, 0.5) is 0 Å². The number of rotatable bonds is 9. The predicted molar refractivity (Wildman–Crippen MR) is 70.5 cm³/mol. The van der Waals surface area contributed by atoms with Crippen molar-refractivity contribution in [3.63, 3.8) is 0 Å². The highest BCUT2D eigenvalue weighted by molar-refractivity contribution is 4.99. The molecule has 0 rings (SSSR count). The molecule has 0 spiro atoms. The van der Waals surface area contributed by atoms with Crippen molar-refractivity contribution in [2.24, 2.45) is 0 Å². The van der Waals surface area contributed by atoms with Crippen LogP contribution in [0, 0.1) is 11.8 Å². The molecule has 0 aliphatic carbocycles. The molecule has 0 aliphatic rings. The Bertz CT molecular complexity index is 199. The first kappa shape index (κ1) is 15.5. The summed E-state index contributed by atoms with van der Waals surface area (Å²) >= 11 is 0. The maximum absolute atomic E-state index is 5.81. The Kier molecular flexibility index (Phi) is 10.6. The van der Waals surface area contributed by atoms with Gasteiger partial charge in [0.1, 0.15) is 0 Å². The van der Waals surface area contributed by atoms with Gasteiger partial charge in [0.05, 0.1) is 6.10 Å². The molecule has 0 amide bonds. The van der Waals surface area contributed by atoms with Crippen LogP contribution in [0.15, 0.2) is 0 Å². The highest BCUT2D eigenvalue weighted by atomic mass is 16.5. The Morgan fingerprint density at radius 2 is 1.94 bits per heavy atom. The third kappa shape index (κ3) is 6.87. The summed E-state index contributed by atoms with van der Waals surface area (Å²) in [6.45, 7) is 10.2. The van der Waals surface area contributed by atoms with Gasteiger partial charge in [0, 0.05) is 19.1 Å². The zero-order valence-corrected chi connectivity index (χ0v) is 11.3. The highest BCUT2D eigenvalue weighted by Gasteiger charge is 2.19. The van der Waals surface area contributed by atoms with E-state index in [1.54, 1.807) is 0 Å². The SMILES string of the molecule is CC#CCC(NCCC)C(CCC)OCC. The molecular formula is C14H27NO. The molecule has 2 heteroatoms. The van der Waals surface area contributed by atoms with Gasteiger partial charge in [-0.25, -0.2) is 0 Å². The quantitative estimate of drug-likeness (QED) is 0.609. The Labute approximate surface area is 101 Å². The minimum absolute atomic E-state index is 0.308. The standard InChI is InChI=1S/C14H27NO/c1-5-9-11-13(15-12-7-3)14(10-6-2)16-8-4/h13-15H,6-8,10-12H2,1-4H3. The predicted octanol–water partition coefficient (Wildman–Crippen LogP) is 2.97. The second-order valence-corrected chi connectivity index (χ2v) is 3.97. The van der Waals surface area contributed by atoms with Gasteiger partial charge in [-0.1, -0.05) is 20.3 Å². The molecule has 0 radical (unpaired) electrons. The minimum Gasteiger partial charge on any atom is -0.377 e. The van der Waals surface area contributed by atoms with Crippen LogP contribution in [-0.2, 0) is 4.74 Å². The van der Waals surface area contributed by atoms with E-state index in [-0.39, 0.29) is 0 Å². The van der Waals surface area contributed by atoms with Gasteiger partial charge in [-0.2, -0.15) is 0 Å². The molecule has 94 valence electrons. The maximum Gasteiger partial charge on any atom is 0.0737 e. The van der Waals surface area contributed by atoms with Crippen molar-refractivity contribution in [3.8, 4) is 11.8 Å². The Balaban J connectivity index is 4.30. The first-order valence-corrected chi connectivity index (χ1v) is 6.54. The summed E-state index contributed by atoms with van der Waals surface area (Å²) in [5.41, 5.74) is 0. The number of hydrogen-bond donors (Lipinski definition) is 1. The lowest BCUT2D eigenvalue weighted by atomic mass is 10.0. The topological polar surface area (TPSA) is 21.3 Å². The smallest absolute Gasteiger partial charge is 0.0737 e. The van der Waals surface area contributed by atoms with Crippen LogP contribution in [0.25, 0.3) is 0 Å². The van der Waals surface area contributed by atoms with E-state index in [4.69, 9.17) is 4.74 Å². The van der Waals surface area contributed by atoms with Gasteiger partial charge >= 0.3 is 0 Å². The number of nitrogens with one attached hydrogen (secondary N) is 1. The molecule has 0 saturated carbocycles. The van der Waals surface area contributed by atoms with E-state index in [1.165, 1.54) is 0 Å². The molecule has 0 aromatic carbocycles. The fourth-order valence-electron chi connectivity index (χ4n) is 1.78. The average molecular weight is 225 g/mol. The summed E-state index contributed by atoms with van der Waals surface area (Å²) in [6.07, 6.45) is 4.62. The van der Waals surface area contributed by atoms with E-state index in [2.05, 4.69) is 37.9 Å². The molecule has 0 bridgehead atoms. The molecule has 16 heavy (non-hydrogen) atoms. The van der Waals surface area contributed by atoms with E-state index in [1.807, 2.05) is 6.92 Å². The molecule has 0 aromatic rings.